The molecule has 0 aromatic heterocycles. The number of para-hydroxylation sites is 2. The van der Waals surface area contributed by atoms with Gasteiger partial charge in [0.15, 0.2) is 11.5 Å². The van der Waals surface area contributed by atoms with E-state index in [1.165, 1.54) is 0 Å². The lowest BCUT2D eigenvalue weighted by atomic mass is 10.3. The van der Waals surface area contributed by atoms with Crippen LogP contribution in [0.3, 0.4) is 0 Å². The minimum atomic E-state index is 0.691. The maximum absolute atomic E-state index is 5.01. The molecule has 0 aliphatic carbocycles. The molecule has 0 aliphatic rings. The third kappa shape index (κ3) is 6.27. The summed E-state index contributed by atoms with van der Waals surface area (Å²) in [5, 5.41) is 0. The summed E-state index contributed by atoms with van der Waals surface area (Å²) in [5.74, 6) is 1.54. The third-order valence-electron chi connectivity index (χ3n) is 1.78. The van der Waals surface area contributed by atoms with Crippen LogP contribution in [0.15, 0.2) is 24.3 Å². The summed E-state index contributed by atoms with van der Waals surface area (Å²) >= 11 is 0. The van der Waals surface area contributed by atoms with Crippen molar-refractivity contribution >= 4 is 0 Å². The van der Waals surface area contributed by atoms with Crippen molar-refractivity contribution in [2.75, 3.05) is 41.7 Å². The van der Waals surface area contributed by atoms with Crippen molar-refractivity contribution in [1.29, 1.82) is 0 Å². The SMILES string of the molecule is COCCOC.COc1ccccc1OC. The van der Waals surface area contributed by atoms with Gasteiger partial charge in [-0.1, -0.05) is 12.1 Å². The lowest BCUT2D eigenvalue weighted by Gasteiger charge is -2.04. The molecule has 0 saturated heterocycles. The number of methoxy groups -OCH3 is 4. The molecule has 4 nitrogen and oxygen atoms in total. The fraction of sp³-hybridized carbons (Fsp3) is 0.500. The first-order valence-corrected chi connectivity index (χ1v) is 4.95. The van der Waals surface area contributed by atoms with Crippen LogP contribution in [0.5, 0.6) is 11.5 Å². The fourth-order valence-electron chi connectivity index (χ4n) is 0.954. The zero-order valence-corrected chi connectivity index (χ0v) is 10.4. The molecule has 0 fully saturated rings. The van der Waals surface area contributed by atoms with E-state index in [0.717, 1.165) is 11.5 Å². The molecule has 0 radical (unpaired) electrons. The third-order valence-corrected chi connectivity index (χ3v) is 1.78. The average Bonchev–Trinajstić information content (AvgIpc) is 2.36. The minimum absolute atomic E-state index is 0.691. The highest BCUT2D eigenvalue weighted by atomic mass is 16.5. The summed E-state index contributed by atoms with van der Waals surface area (Å²) in [7, 11) is 6.55. The smallest absolute Gasteiger partial charge is 0.160 e. The summed E-state index contributed by atoms with van der Waals surface area (Å²) in [4.78, 5) is 0. The number of hydrogen-bond acceptors (Lipinski definition) is 4. The van der Waals surface area contributed by atoms with E-state index in [0.29, 0.717) is 13.2 Å². The zero-order chi connectivity index (χ0) is 12.2. The Morgan fingerprint density at radius 1 is 0.750 bits per heavy atom. The van der Waals surface area contributed by atoms with Crippen LogP contribution in [0, 0.1) is 0 Å². The lowest BCUT2D eigenvalue weighted by Crippen LogP contribution is -1.96. The molecule has 0 spiro atoms. The predicted molar refractivity (Wildman–Crippen MR) is 63.3 cm³/mol. The summed E-state index contributed by atoms with van der Waals surface area (Å²) in [5.41, 5.74) is 0. The van der Waals surface area contributed by atoms with Crippen molar-refractivity contribution in [2.24, 2.45) is 0 Å². The average molecular weight is 228 g/mol. The molecule has 1 rings (SSSR count). The van der Waals surface area contributed by atoms with E-state index in [4.69, 9.17) is 9.47 Å². The van der Waals surface area contributed by atoms with E-state index in [-0.39, 0.29) is 0 Å². The molecule has 0 amide bonds. The highest BCUT2D eigenvalue weighted by Gasteiger charge is 1.97. The van der Waals surface area contributed by atoms with Crippen LogP contribution < -0.4 is 9.47 Å². The maximum atomic E-state index is 5.01. The first kappa shape index (κ1) is 14.7. The monoisotopic (exact) mass is 228 g/mol. The second-order valence-electron chi connectivity index (χ2n) is 2.84. The predicted octanol–water partition coefficient (Wildman–Crippen LogP) is 1.98. The number of hydrogen-bond donors (Lipinski definition) is 0. The van der Waals surface area contributed by atoms with Gasteiger partial charge in [0.25, 0.3) is 0 Å². The molecule has 0 bridgehead atoms. The Morgan fingerprint density at radius 3 is 1.38 bits per heavy atom. The Hall–Kier alpha value is -1.26. The van der Waals surface area contributed by atoms with Crippen LogP contribution in [-0.4, -0.2) is 41.7 Å². The van der Waals surface area contributed by atoms with Crippen molar-refractivity contribution < 1.29 is 18.9 Å². The summed E-state index contributed by atoms with van der Waals surface area (Å²) in [6, 6.07) is 7.53. The Labute approximate surface area is 97.1 Å². The van der Waals surface area contributed by atoms with Crippen molar-refractivity contribution in [1.82, 2.24) is 0 Å². The van der Waals surface area contributed by atoms with Crippen molar-refractivity contribution in [3.8, 4) is 11.5 Å². The van der Waals surface area contributed by atoms with Crippen LogP contribution in [0.1, 0.15) is 0 Å². The van der Waals surface area contributed by atoms with E-state index < -0.39 is 0 Å². The molecule has 0 unspecified atom stereocenters. The second-order valence-corrected chi connectivity index (χ2v) is 2.84. The molecule has 0 heterocycles. The van der Waals surface area contributed by atoms with Crippen molar-refractivity contribution in [3.63, 3.8) is 0 Å². The van der Waals surface area contributed by atoms with E-state index in [9.17, 15) is 0 Å². The first-order valence-electron chi connectivity index (χ1n) is 4.95. The number of rotatable bonds is 5. The quantitative estimate of drug-likeness (QED) is 0.722. The maximum Gasteiger partial charge on any atom is 0.160 e. The Balaban J connectivity index is 0.000000325. The molecule has 1 aromatic rings. The van der Waals surface area contributed by atoms with Crippen LogP contribution in [0.25, 0.3) is 0 Å². The van der Waals surface area contributed by atoms with Crippen LogP contribution in [0.2, 0.25) is 0 Å². The van der Waals surface area contributed by atoms with E-state index >= 15 is 0 Å². The largest absolute Gasteiger partial charge is 0.493 e. The van der Waals surface area contributed by atoms with Crippen LogP contribution in [0.4, 0.5) is 0 Å². The van der Waals surface area contributed by atoms with Crippen LogP contribution >= 0.6 is 0 Å². The number of ether oxygens (including phenoxy) is 4. The van der Waals surface area contributed by atoms with Gasteiger partial charge in [-0.2, -0.15) is 0 Å². The molecule has 0 saturated carbocycles. The second kappa shape index (κ2) is 10.3. The topological polar surface area (TPSA) is 36.9 Å². The highest BCUT2D eigenvalue weighted by molar-refractivity contribution is 5.38. The molecular weight excluding hydrogens is 208 g/mol. The Morgan fingerprint density at radius 2 is 1.12 bits per heavy atom. The molecule has 4 heteroatoms. The summed E-state index contributed by atoms with van der Waals surface area (Å²) < 4.78 is 19.3. The normalized spacial score (nSPS) is 9.00. The molecular formula is C12H20O4. The fourth-order valence-corrected chi connectivity index (χ4v) is 0.954. The molecule has 92 valence electrons. The van der Waals surface area contributed by atoms with Gasteiger partial charge in [-0.15, -0.1) is 0 Å². The van der Waals surface area contributed by atoms with Gasteiger partial charge >= 0.3 is 0 Å². The van der Waals surface area contributed by atoms with Gasteiger partial charge in [0, 0.05) is 14.2 Å². The standard InChI is InChI=1S/C8H10O2.C4H10O2/c1-9-7-5-3-4-6-8(7)10-2;1-5-3-4-6-2/h3-6H,1-2H3;3-4H2,1-2H3. The van der Waals surface area contributed by atoms with Crippen molar-refractivity contribution in [2.45, 2.75) is 0 Å². The van der Waals surface area contributed by atoms with E-state index in [2.05, 4.69) is 9.47 Å². The first-order chi connectivity index (χ1) is 7.79. The summed E-state index contributed by atoms with van der Waals surface area (Å²) in [6.07, 6.45) is 0. The zero-order valence-electron chi connectivity index (χ0n) is 10.4. The van der Waals surface area contributed by atoms with Gasteiger partial charge in [-0.25, -0.2) is 0 Å². The van der Waals surface area contributed by atoms with Crippen molar-refractivity contribution in [3.05, 3.63) is 24.3 Å². The van der Waals surface area contributed by atoms with E-state index in [1.54, 1.807) is 28.4 Å². The minimum Gasteiger partial charge on any atom is -0.493 e. The van der Waals surface area contributed by atoms with E-state index in [1.807, 2.05) is 24.3 Å². The molecule has 0 aliphatic heterocycles. The van der Waals surface area contributed by atoms with Gasteiger partial charge in [0.2, 0.25) is 0 Å². The van der Waals surface area contributed by atoms with Gasteiger partial charge < -0.3 is 18.9 Å². The Bertz CT molecular complexity index is 236. The van der Waals surface area contributed by atoms with Gasteiger partial charge in [-0.3, -0.25) is 0 Å². The highest BCUT2D eigenvalue weighted by Crippen LogP contribution is 2.24. The molecule has 1 aromatic carbocycles. The lowest BCUT2D eigenvalue weighted by molar-refractivity contribution is 0.103. The summed E-state index contributed by atoms with van der Waals surface area (Å²) in [6.45, 7) is 1.38. The van der Waals surface area contributed by atoms with Crippen LogP contribution in [-0.2, 0) is 9.47 Å². The molecule has 16 heavy (non-hydrogen) atoms. The van der Waals surface area contributed by atoms with Gasteiger partial charge in [-0.05, 0) is 12.1 Å². The number of benzene rings is 1. The molecule has 0 atom stereocenters. The van der Waals surface area contributed by atoms with Gasteiger partial charge in [0.1, 0.15) is 0 Å². The van der Waals surface area contributed by atoms with Gasteiger partial charge in [0.05, 0.1) is 27.4 Å². The Kier molecular flexibility index (Phi) is 9.46. The molecule has 0 N–H and O–H groups in total.